The zero-order chi connectivity index (χ0) is 36.4. The molecule has 8 rings (SSSR count). The van der Waals surface area contributed by atoms with Crippen LogP contribution in [0, 0.1) is 48.1 Å². The van der Waals surface area contributed by atoms with Crippen LogP contribution in [0.1, 0.15) is 49.9 Å². The fraction of sp³-hybridized carbons (Fsp3) is 0.104. The van der Waals surface area contributed by atoms with Crippen molar-refractivity contribution in [3.05, 3.63) is 138 Å². The summed E-state index contributed by atoms with van der Waals surface area (Å²) in [5, 5.41) is 0. The van der Waals surface area contributed by atoms with Gasteiger partial charge in [-0.3, -0.25) is 4.98 Å². The van der Waals surface area contributed by atoms with E-state index in [0.29, 0.717) is 23.0 Å². The lowest BCUT2D eigenvalue weighted by atomic mass is 9.70. The molecule has 2 aliphatic rings. The van der Waals surface area contributed by atoms with E-state index in [1.54, 1.807) is 27.7 Å². The van der Waals surface area contributed by atoms with Crippen molar-refractivity contribution in [2.24, 2.45) is 0 Å². The van der Waals surface area contributed by atoms with Gasteiger partial charge in [-0.15, -0.1) is 0 Å². The second-order valence-corrected chi connectivity index (χ2v) is 12.4. The molecule has 252 valence electrons. The maximum atomic E-state index is 6.02. The second kappa shape index (κ2) is 13.8. The number of aromatic nitrogens is 1. The van der Waals surface area contributed by atoms with Crippen LogP contribution >= 0.6 is 0 Å². The first-order chi connectivity index (χ1) is 26.1. The average Bonchev–Trinajstić information content (AvgIpc) is 3.65. The van der Waals surface area contributed by atoms with Crippen molar-refractivity contribution in [3.63, 3.8) is 0 Å². The predicted octanol–water partition coefficient (Wildman–Crippen LogP) is 10.2. The Hall–Kier alpha value is -7.31. The molecule has 2 aliphatic carbocycles. The van der Waals surface area contributed by atoms with Gasteiger partial charge in [0.15, 0.2) is 23.0 Å². The molecule has 0 saturated carbocycles. The van der Waals surface area contributed by atoms with Crippen molar-refractivity contribution in [2.75, 3.05) is 0 Å². The third kappa shape index (κ3) is 5.41. The highest BCUT2D eigenvalue weighted by Crippen LogP contribution is 2.65. The lowest BCUT2D eigenvalue weighted by Crippen LogP contribution is -2.26. The number of ether oxygens (including phenoxy) is 4. The number of pyridine rings is 1. The third-order valence-corrected chi connectivity index (χ3v) is 9.52. The monoisotopic (exact) mass is 685 g/mol. The van der Waals surface area contributed by atoms with Gasteiger partial charge >= 0.3 is 0 Å². The van der Waals surface area contributed by atoms with E-state index in [0.717, 1.165) is 66.9 Å². The van der Waals surface area contributed by atoms with Gasteiger partial charge in [0.25, 0.3) is 0 Å². The van der Waals surface area contributed by atoms with E-state index in [1.165, 1.54) is 0 Å². The minimum Gasteiger partial charge on any atom is -0.404 e. The summed E-state index contributed by atoms with van der Waals surface area (Å²) in [5.74, 6) is 13.1. The molecule has 0 atom stereocenters. The molecule has 53 heavy (non-hydrogen) atoms. The Bertz CT molecular complexity index is 2600. The number of hydrogen-bond donors (Lipinski definition) is 0. The summed E-state index contributed by atoms with van der Waals surface area (Å²) in [7, 11) is 0. The van der Waals surface area contributed by atoms with Gasteiger partial charge in [0.2, 0.25) is 0 Å². The smallest absolute Gasteiger partial charge is 0.184 e. The van der Waals surface area contributed by atoms with E-state index in [2.05, 4.69) is 120 Å². The van der Waals surface area contributed by atoms with Crippen molar-refractivity contribution >= 4 is 0 Å². The Balaban J connectivity index is 1.43. The van der Waals surface area contributed by atoms with Crippen LogP contribution in [0.3, 0.4) is 0 Å². The van der Waals surface area contributed by atoms with E-state index < -0.39 is 5.41 Å². The SMILES string of the molecule is CC#COc1cc2c(cc1OC#CC)C1(c3ccccc3-c3cc(-c4cccc(-c5ccccn5)c4)ccc31)c1cc(OC#CC)c(OC#CC)cc1-2. The highest BCUT2D eigenvalue weighted by molar-refractivity contribution is 5.97. The van der Waals surface area contributed by atoms with Crippen molar-refractivity contribution < 1.29 is 18.9 Å². The number of hydrogen-bond acceptors (Lipinski definition) is 5. The molecule has 1 spiro atoms. The first-order valence-corrected chi connectivity index (χ1v) is 17.1. The predicted molar refractivity (Wildman–Crippen MR) is 208 cm³/mol. The van der Waals surface area contributed by atoms with Crippen LogP contribution in [-0.2, 0) is 5.41 Å². The molecule has 5 heteroatoms. The van der Waals surface area contributed by atoms with Gasteiger partial charge in [-0.1, -0.05) is 84.3 Å². The molecule has 5 nitrogen and oxygen atoms in total. The highest BCUT2D eigenvalue weighted by Gasteiger charge is 2.53. The number of benzene rings is 5. The fourth-order valence-electron chi connectivity index (χ4n) is 7.51. The van der Waals surface area contributed by atoms with Gasteiger partial charge in [-0.25, -0.2) is 0 Å². The number of fused-ring (bicyclic) bond motifs is 10. The molecule has 0 bridgehead atoms. The van der Waals surface area contributed by atoms with E-state index in [4.69, 9.17) is 18.9 Å². The van der Waals surface area contributed by atoms with E-state index in [9.17, 15) is 0 Å². The quantitative estimate of drug-likeness (QED) is 0.163. The molecule has 0 aliphatic heterocycles. The molecule has 5 aromatic carbocycles. The lowest BCUT2D eigenvalue weighted by Gasteiger charge is -2.31. The normalized spacial score (nSPS) is 11.7. The highest BCUT2D eigenvalue weighted by atomic mass is 16.5. The van der Waals surface area contributed by atoms with E-state index >= 15 is 0 Å². The van der Waals surface area contributed by atoms with Gasteiger partial charge in [-0.05, 0) is 104 Å². The molecule has 1 heterocycles. The Labute approximate surface area is 309 Å². The Morgan fingerprint density at radius 3 is 1.51 bits per heavy atom. The summed E-state index contributed by atoms with van der Waals surface area (Å²) < 4.78 is 23.9. The van der Waals surface area contributed by atoms with Crippen LogP contribution < -0.4 is 18.9 Å². The molecule has 0 radical (unpaired) electrons. The van der Waals surface area contributed by atoms with Gasteiger partial charge in [0.1, 0.15) is 24.4 Å². The largest absolute Gasteiger partial charge is 0.404 e. The lowest BCUT2D eigenvalue weighted by molar-refractivity contribution is 0.450. The molecular weight excluding hydrogens is 655 g/mol. The molecular formula is C48H31NO4. The Kier molecular flexibility index (Phi) is 8.54. The Morgan fingerprint density at radius 1 is 0.415 bits per heavy atom. The summed E-state index contributed by atoms with van der Waals surface area (Å²) in [6.45, 7) is 6.90. The fourth-order valence-corrected chi connectivity index (χ4v) is 7.51. The summed E-state index contributed by atoms with van der Waals surface area (Å²) in [5.41, 5.74) is 11.8. The molecule has 0 saturated heterocycles. The van der Waals surface area contributed by atoms with Crippen molar-refractivity contribution in [3.8, 4) is 116 Å². The third-order valence-electron chi connectivity index (χ3n) is 9.52. The molecule has 0 unspecified atom stereocenters. The maximum absolute atomic E-state index is 6.02. The summed E-state index contributed by atoms with van der Waals surface area (Å²) >= 11 is 0. The first kappa shape index (κ1) is 32.9. The van der Waals surface area contributed by atoms with Crippen LogP contribution in [0.15, 0.2) is 115 Å². The van der Waals surface area contributed by atoms with Crippen LogP contribution in [0.4, 0.5) is 0 Å². The average molecular weight is 686 g/mol. The van der Waals surface area contributed by atoms with Crippen LogP contribution in [0.5, 0.6) is 23.0 Å². The van der Waals surface area contributed by atoms with Crippen LogP contribution in [-0.4, -0.2) is 4.98 Å². The minimum atomic E-state index is -0.773. The number of rotatable bonds is 6. The topological polar surface area (TPSA) is 49.8 Å². The standard InChI is InChI=1S/C48H31NO4/c1-5-22-50-44-28-37-38-29-45(51-23-6-2)47(53-25-8-4)31-42(38)48(41(37)30-46(44)52-24-7-3)39-17-10-9-16-35(39)36-27-33(19-20-40(36)48)32-14-13-15-34(26-32)43-18-11-12-21-49-43/h9-21,26-31H,1-4H3. The minimum absolute atomic E-state index is 0.450. The zero-order valence-electron chi connectivity index (χ0n) is 29.5. The molecule has 1 aromatic heterocycles. The van der Waals surface area contributed by atoms with Gasteiger partial charge in [0.05, 0.1) is 11.1 Å². The summed E-state index contributed by atoms with van der Waals surface area (Å²) in [4.78, 5) is 4.59. The van der Waals surface area contributed by atoms with Gasteiger partial charge in [0, 0.05) is 39.5 Å². The van der Waals surface area contributed by atoms with Gasteiger partial charge in [-0.2, -0.15) is 0 Å². The zero-order valence-corrected chi connectivity index (χ0v) is 29.5. The summed E-state index contributed by atoms with van der Waals surface area (Å²) in [6, 6.07) is 37.8. The van der Waals surface area contributed by atoms with Crippen LogP contribution in [0.25, 0.3) is 44.6 Å². The van der Waals surface area contributed by atoms with Crippen molar-refractivity contribution in [1.29, 1.82) is 0 Å². The molecule has 0 N–H and O–H groups in total. The van der Waals surface area contributed by atoms with Crippen molar-refractivity contribution in [2.45, 2.75) is 33.1 Å². The first-order valence-electron chi connectivity index (χ1n) is 17.1. The second-order valence-electron chi connectivity index (χ2n) is 12.4. The molecule has 6 aromatic rings. The maximum Gasteiger partial charge on any atom is 0.184 e. The van der Waals surface area contributed by atoms with Crippen LogP contribution in [0.2, 0.25) is 0 Å². The van der Waals surface area contributed by atoms with E-state index in [-0.39, 0.29) is 0 Å². The molecule has 0 fully saturated rings. The number of nitrogens with zero attached hydrogens (tertiary/aromatic N) is 1. The molecule has 0 amide bonds. The summed E-state index contributed by atoms with van der Waals surface area (Å²) in [6.07, 6.45) is 12.8. The van der Waals surface area contributed by atoms with Gasteiger partial charge < -0.3 is 18.9 Å². The van der Waals surface area contributed by atoms with E-state index in [1.807, 2.05) is 48.7 Å². The Morgan fingerprint density at radius 2 is 0.925 bits per heavy atom. The van der Waals surface area contributed by atoms with Crippen molar-refractivity contribution in [1.82, 2.24) is 4.98 Å².